The van der Waals surface area contributed by atoms with Crippen molar-refractivity contribution < 1.29 is 18.7 Å². The van der Waals surface area contributed by atoms with E-state index in [1.54, 1.807) is 31.2 Å². The van der Waals surface area contributed by atoms with Crippen LogP contribution >= 0.6 is 11.6 Å². The molecule has 0 bridgehead atoms. The Labute approximate surface area is 169 Å². The molecule has 0 atom stereocenters. The fraction of sp³-hybridized carbons (Fsp3) is 0.450. The van der Waals surface area contributed by atoms with Gasteiger partial charge < -0.3 is 19.4 Å². The average molecular weight is 406 g/mol. The van der Waals surface area contributed by atoms with Gasteiger partial charge in [-0.25, -0.2) is 4.98 Å². The molecule has 0 aliphatic carbocycles. The summed E-state index contributed by atoms with van der Waals surface area (Å²) in [6, 6.07) is 6.82. The number of oxazole rings is 1. The summed E-state index contributed by atoms with van der Waals surface area (Å²) < 4.78 is 10.9. The molecule has 1 aliphatic heterocycles. The van der Waals surface area contributed by atoms with Crippen molar-refractivity contribution in [3.8, 4) is 5.75 Å². The fourth-order valence-electron chi connectivity index (χ4n) is 3.02. The van der Waals surface area contributed by atoms with Gasteiger partial charge in [0.05, 0.1) is 6.54 Å². The maximum atomic E-state index is 12.7. The minimum Gasteiger partial charge on any atom is -0.484 e. The summed E-state index contributed by atoms with van der Waals surface area (Å²) in [6.45, 7) is 5.31. The molecular weight excluding hydrogens is 382 g/mol. The van der Waals surface area contributed by atoms with E-state index in [1.165, 1.54) is 0 Å². The van der Waals surface area contributed by atoms with Crippen LogP contribution in [0.1, 0.15) is 41.9 Å². The van der Waals surface area contributed by atoms with Gasteiger partial charge in [-0.2, -0.15) is 0 Å². The zero-order valence-corrected chi connectivity index (χ0v) is 16.8. The van der Waals surface area contributed by atoms with Crippen molar-refractivity contribution in [1.29, 1.82) is 0 Å². The number of aromatic nitrogens is 1. The lowest BCUT2D eigenvalue weighted by Crippen LogP contribution is -2.38. The number of hydrogen-bond donors (Lipinski definition) is 1. The van der Waals surface area contributed by atoms with Gasteiger partial charge in [0.15, 0.2) is 12.3 Å². The van der Waals surface area contributed by atoms with Crippen molar-refractivity contribution >= 4 is 23.4 Å². The van der Waals surface area contributed by atoms with Crippen molar-refractivity contribution in [3.05, 3.63) is 46.6 Å². The highest BCUT2D eigenvalue weighted by Gasteiger charge is 2.26. The molecule has 0 saturated carbocycles. The van der Waals surface area contributed by atoms with Crippen LogP contribution in [-0.4, -0.2) is 41.4 Å². The molecule has 1 saturated heterocycles. The van der Waals surface area contributed by atoms with Crippen molar-refractivity contribution in [2.24, 2.45) is 5.92 Å². The number of amides is 2. The molecule has 8 heteroatoms. The summed E-state index contributed by atoms with van der Waals surface area (Å²) in [5.41, 5.74) is 0.314. The summed E-state index contributed by atoms with van der Waals surface area (Å²) >= 11 is 5.88. The highest BCUT2D eigenvalue weighted by molar-refractivity contribution is 6.30. The van der Waals surface area contributed by atoms with Crippen LogP contribution in [0.4, 0.5) is 0 Å². The molecule has 1 aliphatic rings. The van der Waals surface area contributed by atoms with E-state index in [9.17, 15) is 9.59 Å². The minimum absolute atomic E-state index is 0.0862. The zero-order chi connectivity index (χ0) is 20.1. The van der Waals surface area contributed by atoms with Crippen molar-refractivity contribution in [2.45, 2.75) is 33.2 Å². The first-order chi connectivity index (χ1) is 13.4. The lowest BCUT2D eigenvalue weighted by Gasteiger charge is -2.29. The second kappa shape index (κ2) is 9.10. The summed E-state index contributed by atoms with van der Waals surface area (Å²) in [7, 11) is 0. The number of likely N-dealkylation sites (tertiary alicyclic amines) is 1. The van der Waals surface area contributed by atoms with Crippen LogP contribution in [0.5, 0.6) is 5.75 Å². The Morgan fingerprint density at radius 1 is 1.36 bits per heavy atom. The molecule has 1 aromatic heterocycles. The van der Waals surface area contributed by atoms with E-state index in [0.29, 0.717) is 34.0 Å². The molecule has 2 heterocycles. The minimum atomic E-state index is -0.325. The topological polar surface area (TPSA) is 84.7 Å². The molecule has 0 radical (unpaired) electrons. The summed E-state index contributed by atoms with van der Waals surface area (Å²) in [5.74, 6) is 1.47. The van der Waals surface area contributed by atoms with E-state index in [4.69, 9.17) is 20.8 Å². The van der Waals surface area contributed by atoms with Gasteiger partial charge in [-0.3, -0.25) is 9.59 Å². The van der Waals surface area contributed by atoms with Gasteiger partial charge in [0.1, 0.15) is 11.5 Å². The molecule has 2 amide bonds. The number of rotatable bonds is 6. The second-order valence-corrected chi connectivity index (χ2v) is 7.45. The molecule has 1 aromatic carbocycles. The molecule has 1 fully saturated rings. The van der Waals surface area contributed by atoms with Gasteiger partial charge in [0.25, 0.3) is 11.8 Å². The largest absolute Gasteiger partial charge is 0.484 e. The average Bonchev–Trinajstić information content (AvgIpc) is 3.05. The molecule has 2 aromatic rings. The maximum Gasteiger partial charge on any atom is 0.276 e. The Kier molecular flexibility index (Phi) is 6.57. The van der Waals surface area contributed by atoms with Crippen molar-refractivity contribution in [2.75, 3.05) is 19.7 Å². The number of carbonyl (C=O) groups excluding carboxylic acids is 2. The number of carbonyl (C=O) groups is 2. The third-order valence-corrected chi connectivity index (χ3v) is 4.95. The molecule has 3 rings (SSSR count). The standard InChI is InChI=1S/C20H24ClN3O4/c1-13-6-8-24(9-7-13)20(26)19-14(2)28-18(23-19)11-22-17(25)12-27-16-5-3-4-15(21)10-16/h3-5,10,13H,6-9,11-12H2,1-2H3,(H,22,25). The molecule has 1 N–H and O–H groups in total. The SMILES string of the molecule is Cc1oc(CNC(=O)COc2cccc(Cl)c2)nc1C(=O)N1CCC(C)CC1. The number of aryl methyl sites for hydroxylation is 1. The molecule has 0 unspecified atom stereocenters. The van der Waals surface area contributed by atoms with E-state index in [1.807, 2.05) is 4.90 Å². The highest BCUT2D eigenvalue weighted by Crippen LogP contribution is 2.20. The quantitative estimate of drug-likeness (QED) is 0.797. The van der Waals surface area contributed by atoms with Gasteiger partial charge in [0, 0.05) is 18.1 Å². The lowest BCUT2D eigenvalue weighted by atomic mass is 9.99. The van der Waals surface area contributed by atoms with E-state index in [-0.39, 0.29) is 25.0 Å². The zero-order valence-electron chi connectivity index (χ0n) is 16.0. The number of nitrogens with zero attached hydrogens (tertiary/aromatic N) is 2. The smallest absolute Gasteiger partial charge is 0.276 e. The first-order valence-corrected chi connectivity index (χ1v) is 9.71. The Hall–Kier alpha value is -2.54. The molecule has 7 nitrogen and oxygen atoms in total. The van der Waals surface area contributed by atoms with Crippen LogP contribution in [-0.2, 0) is 11.3 Å². The summed E-state index contributed by atoms with van der Waals surface area (Å²) in [6.07, 6.45) is 2.00. The number of benzene rings is 1. The van der Waals surface area contributed by atoms with Gasteiger partial charge in [0.2, 0.25) is 5.89 Å². The first kappa shape index (κ1) is 20.2. The number of ether oxygens (including phenoxy) is 1. The predicted octanol–water partition coefficient (Wildman–Crippen LogP) is 3.20. The lowest BCUT2D eigenvalue weighted by molar-refractivity contribution is -0.123. The van der Waals surface area contributed by atoms with E-state index in [0.717, 1.165) is 25.9 Å². The fourth-order valence-corrected chi connectivity index (χ4v) is 3.20. The van der Waals surface area contributed by atoms with Crippen molar-refractivity contribution in [3.63, 3.8) is 0 Å². The van der Waals surface area contributed by atoms with E-state index in [2.05, 4.69) is 17.2 Å². The predicted molar refractivity (Wildman–Crippen MR) is 104 cm³/mol. The number of nitrogens with one attached hydrogen (secondary N) is 1. The van der Waals surface area contributed by atoms with E-state index < -0.39 is 0 Å². The van der Waals surface area contributed by atoms with Crippen LogP contribution in [0.15, 0.2) is 28.7 Å². The van der Waals surface area contributed by atoms with Gasteiger partial charge in [-0.1, -0.05) is 24.6 Å². The third kappa shape index (κ3) is 5.25. The van der Waals surface area contributed by atoms with Crippen LogP contribution in [0.25, 0.3) is 0 Å². The molecular formula is C20H24ClN3O4. The number of piperidine rings is 1. The van der Waals surface area contributed by atoms with Crippen LogP contribution < -0.4 is 10.1 Å². The normalized spacial score (nSPS) is 14.8. The highest BCUT2D eigenvalue weighted by atomic mass is 35.5. The van der Waals surface area contributed by atoms with E-state index >= 15 is 0 Å². The van der Waals surface area contributed by atoms with Crippen LogP contribution in [0, 0.1) is 12.8 Å². The Balaban J connectivity index is 1.50. The summed E-state index contributed by atoms with van der Waals surface area (Å²) in [5, 5.41) is 3.21. The van der Waals surface area contributed by atoms with Crippen LogP contribution in [0.2, 0.25) is 5.02 Å². The number of halogens is 1. The Morgan fingerprint density at radius 3 is 2.82 bits per heavy atom. The van der Waals surface area contributed by atoms with Crippen molar-refractivity contribution in [1.82, 2.24) is 15.2 Å². The molecule has 150 valence electrons. The Morgan fingerprint density at radius 2 is 2.11 bits per heavy atom. The molecule has 28 heavy (non-hydrogen) atoms. The van der Waals surface area contributed by atoms with Gasteiger partial charge >= 0.3 is 0 Å². The maximum absolute atomic E-state index is 12.7. The third-order valence-electron chi connectivity index (χ3n) is 4.72. The Bertz CT molecular complexity index is 844. The second-order valence-electron chi connectivity index (χ2n) is 7.01. The summed E-state index contributed by atoms with van der Waals surface area (Å²) in [4.78, 5) is 30.7. The van der Waals surface area contributed by atoms with Crippen LogP contribution in [0.3, 0.4) is 0 Å². The number of hydrogen-bond acceptors (Lipinski definition) is 5. The van der Waals surface area contributed by atoms with Gasteiger partial charge in [-0.05, 0) is 43.9 Å². The molecule has 0 spiro atoms. The first-order valence-electron chi connectivity index (χ1n) is 9.33. The monoisotopic (exact) mass is 405 g/mol. The van der Waals surface area contributed by atoms with Gasteiger partial charge in [-0.15, -0.1) is 0 Å².